The van der Waals surface area contributed by atoms with E-state index in [9.17, 15) is 4.79 Å². The number of ether oxygens (including phenoxy) is 3. The maximum absolute atomic E-state index is 11.5. The maximum atomic E-state index is 11.5. The van der Waals surface area contributed by atoms with Crippen molar-refractivity contribution >= 4 is 5.91 Å². The van der Waals surface area contributed by atoms with E-state index in [0.717, 1.165) is 5.56 Å². The Morgan fingerprint density at radius 3 is 2.05 bits per heavy atom. The van der Waals surface area contributed by atoms with Crippen LogP contribution in [-0.2, 0) is 4.79 Å². The van der Waals surface area contributed by atoms with Crippen molar-refractivity contribution in [1.82, 2.24) is 5.32 Å². The third-order valence-electron chi connectivity index (χ3n) is 3.51. The summed E-state index contributed by atoms with van der Waals surface area (Å²) in [6.07, 6.45) is 0.486. The molecule has 5 nitrogen and oxygen atoms in total. The minimum Gasteiger partial charge on any atom is -0.493 e. The van der Waals surface area contributed by atoms with Gasteiger partial charge in [-0.25, -0.2) is 0 Å². The predicted octanol–water partition coefficient (Wildman–Crippen LogP) is 1.70. The molecule has 104 valence electrons. The lowest BCUT2D eigenvalue weighted by Gasteiger charge is -2.19. The summed E-state index contributed by atoms with van der Waals surface area (Å²) in [6.45, 7) is 2.00. The van der Waals surface area contributed by atoms with Crippen LogP contribution in [0.25, 0.3) is 0 Å². The Kier molecular flexibility index (Phi) is 3.83. The summed E-state index contributed by atoms with van der Waals surface area (Å²) in [5.41, 5.74) is 1.01. The van der Waals surface area contributed by atoms with Gasteiger partial charge < -0.3 is 19.5 Å². The molecule has 0 bridgehead atoms. The minimum atomic E-state index is 0.0752. The topological polar surface area (TPSA) is 56.8 Å². The van der Waals surface area contributed by atoms with Gasteiger partial charge in [0.05, 0.1) is 21.3 Å². The molecule has 1 N–H and O–H groups in total. The SMILES string of the molecule is COc1cc(C2CC(=O)NC2C)cc(OC)c1OC. The smallest absolute Gasteiger partial charge is 0.220 e. The van der Waals surface area contributed by atoms with E-state index in [1.165, 1.54) is 0 Å². The van der Waals surface area contributed by atoms with E-state index in [4.69, 9.17) is 14.2 Å². The van der Waals surface area contributed by atoms with Gasteiger partial charge in [0.1, 0.15) is 0 Å². The number of hydrogen-bond acceptors (Lipinski definition) is 4. The molecule has 5 heteroatoms. The molecule has 1 fully saturated rings. The first-order valence-electron chi connectivity index (χ1n) is 6.20. The summed E-state index contributed by atoms with van der Waals surface area (Å²) in [7, 11) is 4.74. The Labute approximate surface area is 112 Å². The van der Waals surface area contributed by atoms with Crippen LogP contribution in [0.3, 0.4) is 0 Å². The maximum Gasteiger partial charge on any atom is 0.220 e. The molecule has 0 saturated carbocycles. The van der Waals surface area contributed by atoms with Crippen molar-refractivity contribution in [2.24, 2.45) is 0 Å². The first-order chi connectivity index (χ1) is 9.10. The van der Waals surface area contributed by atoms with E-state index < -0.39 is 0 Å². The zero-order chi connectivity index (χ0) is 14.0. The molecule has 0 spiro atoms. The van der Waals surface area contributed by atoms with Crippen LogP contribution < -0.4 is 19.5 Å². The highest BCUT2D eigenvalue weighted by atomic mass is 16.5. The summed E-state index contributed by atoms with van der Waals surface area (Å²) < 4.78 is 16.0. The molecular weight excluding hydrogens is 246 g/mol. The molecule has 0 radical (unpaired) electrons. The van der Waals surface area contributed by atoms with Crippen molar-refractivity contribution in [3.63, 3.8) is 0 Å². The lowest BCUT2D eigenvalue weighted by Crippen LogP contribution is -2.24. The second kappa shape index (κ2) is 5.38. The number of amides is 1. The molecular formula is C14H19NO4. The molecule has 1 aromatic rings. The number of benzene rings is 1. The van der Waals surface area contributed by atoms with Crippen LogP contribution in [-0.4, -0.2) is 33.3 Å². The zero-order valence-corrected chi connectivity index (χ0v) is 11.6. The van der Waals surface area contributed by atoms with Gasteiger partial charge in [0.2, 0.25) is 11.7 Å². The second-order valence-corrected chi connectivity index (χ2v) is 4.63. The molecule has 1 heterocycles. The van der Waals surface area contributed by atoms with E-state index in [1.807, 2.05) is 19.1 Å². The molecule has 19 heavy (non-hydrogen) atoms. The van der Waals surface area contributed by atoms with Crippen LogP contribution in [0.15, 0.2) is 12.1 Å². The Morgan fingerprint density at radius 2 is 1.68 bits per heavy atom. The summed E-state index contributed by atoms with van der Waals surface area (Å²) >= 11 is 0. The molecule has 2 atom stereocenters. The largest absolute Gasteiger partial charge is 0.493 e. The molecule has 2 rings (SSSR count). The van der Waals surface area contributed by atoms with Crippen LogP contribution in [0.4, 0.5) is 0 Å². The van der Waals surface area contributed by atoms with E-state index in [1.54, 1.807) is 21.3 Å². The Hall–Kier alpha value is -1.91. The van der Waals surface area contributed by atoms with E-state index in [0.29, 0.717) is 23.7 Å². The van der Waals surface area contributed by atoms with Crippen molar-refractivity contribution in [3.05, 3.63) is 17.7 Å². The number of rotatable bonds is 4. The number of methoxy groups -OCH3 is 3. The minimum absolute atomic E-state index is 0.0752. The fourth-order valence-electron chi connectivity index (χ4n) is 2.51. The quantitative estimate of drug-likeness (QED) is 0.900. The Bertz CT molecular complexity index is 461. The van der Waals surface area contributed by atoms with Gasteiger partial charge in [-0.3, -0.25) is 4.79 Å². The molecule has 0 aliphatic carbocycles. The van der Waals surface area contributed by atoms with Crippen LogP contribution in [0, 0.1) is 0 Å². The van der Waals surface area contributed by atoms with Gasteiger partial charge in [-0.2, -0.15) is 0 Å². The summed E-state index contributed by atoms with van der Waals surface area (Å²) in [4.78, 5) is 11.5. The van der Waals surface area contributed by atoms with Crippen molar-refractivity contribution in [1.29, 1.82) is 0 Å². The highest BCUT2D eigenvalue weighted by molar-refractivity contribution is 5.80. The molecule has 1 saturated heterocycles. The Balaban J connectivity index is 2.44. The van der Waals surface area contributed by atoms with E-state index in [-0.39, 0.29) is 17.9 Å². The normalized spacial score (nSPS) is 22.0. The van der Waals surface area contributed by atoms with Crippen molar-refractivity contribution in [2.45, 2.75) is 25.3 Å². The van der Waals surface area contributed by atoms with Crippen LogP contribution in [0.2, 0.25) is 0 Å². The van der Waals surface area contributed by atoms with Gasteiger partial charge in [-0.15, -0.1) is 0 Å². The molecule has 0 aromatic heterocycles. The van der Waals surface area contributed by atoms with Crippen molar-refractivity contribution in [2.75, 3.05) is 21.3 Å². The monoisotopic (exact) mass is 265 g/mol. The summed E-state index contributed by atoms with van der Waals surface area (Å²) in [6, 6.07) is 3.92. The lowest BCUT2D eigenvalue weighted by molar-refractivity contribution is -0.119. The summed E-state index contributed by atoms with van der Waals surface area (Å²) in [5, 5.41) is 2.92. The molecule has 2 unspecified atom stereocenters. The summed E-state index contributed by atoms with van der Waals surface area (Å²) in [5.74, 6) is 2.00. The number of carbonyl (C=O) groups is 1. The first-order valence-corrected chi connectivity index (χ1v) is 6.20. The third kappa shape index (κ3) is 2.45. The van der Waals surface area contributed by atoms with Gasteiger partial charge in [0.15, 0.2) is 11.5 Å². The Morgan fingerprint density at radius 1 is 1.11 bits per heavy atom. The van der Waals surface area contributed by atoms with Gasteiger partial charge in [-0.05, 0) is 24.6 Å². The molecule has 1 aromatic carbocycles. The van der Waals surface area contributed by atoms with Crippen LogP contribution >= 0.6 is 0 Å². The van der Waals surface area contributed by atoms with Crippen molar-refractivity contribution < 1.29 is 19.0 Å². The average molecular weight is 265 g/mol. The van der Waals surface area contributed by atoms with E-state index in [2.05, 4.69) is 5.32 Å². The zero-order valence-electron chi connectivity index (χ0n) is 11.6. The fraction of sp³-hybridized carbons (Fsp3) is 0.500. The first kappa shape index (κ1) is 13.5. The van der Waals surface area contributed by atoms with Gasteiger partial charge in [-0.1, -0.05) is 0 Å². The number of nitrogens with one attached hydrogen (secondary N) is 1. The van der Waals surface area contributed by atoms with Crippen LogP contribution in [0.1, 0.15) is 24.8 Å². The van der Waals surface area contributed by atoms with Gasteiger partial charge >= 0.3 is 0 Å². The third-order valence-corrected chi connectivity index (χ3v) is 3.51. The standard InChI is InChI=1S/C14H19NO4/c1-8-10(7-13(16)15-8)9-5-11(17-2)14(19-4)12(6-9)18-3/h5-6,8,10H,7H2,1-4H3,(H,15,16). The van der Waals surface area contributed by atoms with Crippen molar-refractivity contribution in [3.8, 4) is 17.2 Å². The second-order valence-electron chi connectivity index (χ2n) is 4.63. The van der Waals surface area contributed by atoms with Gasteiger partial charge in [0.25, 0.3) is 0 Å². The highest BCUT2D eigenvalue weighted by Crippen LogP contribution is 2.42. The lowest BCUT2D eigenvalue weighted by atomic mass is 9.92. The highest BCUT2D eigenvalue weighted by Gasteiger charge is 2.31. The predicted molar refractivity (Wildman–Crippen MR) is 71.1 cm³/mol. The van der Waals surface area contributed by atoms with E-state index >= 15 is 0 Å². The number of hydrogen-bond donors (Lipinski definition) is 1. The molecule has 1 aliphatic rings. The number of carbonyl (C=O) groups excluding carboxylic acids is 1. The van der Waals surface area contributed by atoms with Gasteiger partial charge in [0, 0.05) is 18.4 Å². The molecule has 1 amide bonds. The van der Waals surface area contributed by atoms with Crippen LogP contribution in [0.5, 0.6) is 17.2 Å². The average Bonchev–Trinajstić information content (AvgIpc) is 2.75. The molecule has 1 aliphatic heterocycles. The fourth-order valence-corrected chi connectivity index (χ4v) is 2.51.